The maximum absolute atomic E-state index is 13.3. The number of H-pyrrole nitrogens is 1. The number of aromatic nitrogens is 8. The highest BCUT2D eigenvalue weighted by atomic mass is 19.1. The van der Waals surface area contributed by atoms with E-state index in [2.05, 4.69) is 30.2 Å². The van der Waals surface area contributed by atoms with E-state index in [1.807, 2.05) is 6.92 Å². The van der Waals surface area contributed by atoms with Gasteiger partial charge in [0.2, 0.25) is 0 Å². The molecule has 0 bridgehead atoms. The molecule has 5 aromatic rings. The normalized spacial score (nSPS) is 11.5. The molecule has 1 aromatic carbocycles. The van der Waals surface area contributed by atoms with Crippen molar-refractivity contribution in [1.29, 1.82) is 0 Å². The Bertz CT molecular complexity index is 1390. The third-order valence-electron chi connectivity index (χ3n) is 4.79. The second kappa shape index (κ2) is 6.59. The van der Waals surface area contributed by atoms with Gasteiger partial charge < -0.3 is 4.98 Å². The minimum absolute atomic E-state index is 0.137. The molecule has 4 aromatic heterocycles. The van der Waals surface area contributed by atoms with Crippen molar-refractivity contribution < 1.29 is 4.39 Å². The summed E-state index contributed by atoms with van der Waals surface area (Å²) in [6.07, 6.45) is 5.40. The number of fused-ring (bicyclic) bond motifs is 3. The molecule has 0 atom stereocenters. The van der Waals surface area contributed by atoms with Gasteiger partial charge in [-0.15, -0.1) is 10.2 Å². The van der Waals surface area contributed by atoms with Crippen molar-refractivity contribution >= 4 is 16.8 Å². The molecule has 0 saturated heterocycles. The highest BCUT2D eigenvalue weighted by molar-refractivity contribution is 5.83. The molecule has 0 fully saturated rings. The Hall–Kier alpha value is -3.95. The second-order valence-corrected chi connectivity index (χ2v) is 6.64. The number of hydrogen-bond acceptors (Lipinski definition) is 6. The van der Waals surface area contributed by atoms with Crippen molar-refractivity contribution in [2.24, 2.45) is 0 Å². The van der Waals surface area contributed by atoms with E-state index < -0.39 is 0 Å². The summed E-state index contributed by atoms with van der Waals surface area (Å²) < 4.78 is 16.3. The van der Waals surface area contributed by atoms with Gasteiger partial charge in [-0.05, 0) is 24.6 Å². The molecule has 0 saturated carbocycles. The van der Waals surface area contributed by atoms with Crippen LogP contribution < -0.4 is 5.56 Å². The average molecular weight is 390 g/mol. The molecule has 10 heteroatoms. The van der Waals surface area contributed by atoms with E-state index in [1.54, 1.807) is 24.7 Å². The van der Waals surface area contributed by atoms with Gasteiger partial charge in [0.15, 0.2) is 16.8 Å². The van der Waals surface area contributed by atoms with Crippen molar-refractivity contribution in [3.8, 4) is 11.1 Å². The molecule has 0 unspecified atom stereocenters. The number of nitrogens with zero attached hydrogens (tertiary/aromatic N) is 7. The van der Waals surface area contributed by atoms with Crippen molar-refractivity contribution in [3.05, 3.63) is 70.7 Å². The van der Waals surface area contributed by atoms with Crippen molar-refractivity contribution in [2.45, 2.75) is 19.9 Å². The Morgan fingerprint density at radius 2 is 1.97 bits per heavy atom. The SMILES string of the molecule is Cc1nn2c(nnc3c(=O)n(CCc4cnc[nH]4)cnc32)c1-c1ccc(F)cc1. The highest BCUT2D eigenvalue weighted by Gasteiger charge is 2.18. The third kappa shape index (κ3) is 2.85. The Morgan fingerprint density at radius 1 is 1.14 bits per heavy atom. The third-order valence-corrected chi connectivity index (χ3v) is 4.79. The van der Waals surface area contributed by atoms with Crippen LogP contribution in [0.4, 0.5) is 4.39 Å². The van der Waals surface area contributed by atoms with E-state index in [0.29, 0.717) is 30.0 Å². The smallest absolute Gasteiger partial charge is 0.283 e. The summed E-state index contributed by atoms with van der Waals surface area (Å²) in [4.78, 5) is 24.2. The van der Waals surface area contributed by atoms with Crippen LogP contribution in [0.5, 0.6) is 0 Å². The van der Waals surface area contributed by atoms with Crippen LogP contribution in [0, 0.1) is 12.7 Å². The zero-order chi connectivity index (χ0) is 20.0. The Labute approximate surface area is 162 Å². The van der Waals surface area contributed by atoms with Gasteiger partial charge in [0.1, 0.15) is 12.1 Å². The van der Waals surface area contributed by atoms with Crippen LogP contribution in [0.3, 0.4) is 0 Å². The first-order chi connectivity index (χ1) is 14.1. The molecule has 9 nitrogen and oxygen atoms in total. The highest BCUT2D eigenvalue weighted by Crippen LogP contribution is 2.27. The van der Waals surface area contributed by atoms with E-state index in [9.17, 15) is 9.18 Å². The summed E-state index contributed by atoms with van der Waals surface area (Å²) in [5.74, 6) is -0.322. The number of aromatic amines is 1. The van der Waals surface area contributed by atoms with Crippen molar-refractivity contribution in [1.82, 2.24) is 39.3 Å². The van der Waals surface area contributed by atoms with E-state index >= 15 is 0 Å². The van der Waals surface area contributed by atoms with Crippen LogP contribution in [0.15, 0.2) is 47.9 Å². The summed E-state index contributed by atoms with van der Waals surface area (Å²) in [5, 5.41) is 12.9. The molecular formula is C19H15FN8O. The van der Waals surface area contributed by atoms with Crippen LogP contribution in [0.2, 0.25) is 0 Å². The molecule has 0 spiro atoms. The maximum atomic E-state index is 13.3. The van der Waals surface area contributed by atoms with Gasteiger partial charge in [-0.2, -0.15) is 9.61 Å². The summed E-state index contributed by atoms with van der Waals surface area (Å²) in [6.45, 7) is 2.26. The van der Waals surface area contributed by atoms with Gasteiger partial charge in [0.25, 0.3) is 5.56 Å². The lowest BCUT2D eigenvalue weighted by Gasteiger charge is -2.06. The quantitative estimate of drug-likeness (QED) is 0.502. The van der Waals surface area contributed by atoms with Crippen molar-refractivity contribution in [2.75, 3.05) is 0 Å². The molecule has 0 aliphatic rings. The van der Waals surface area contributed by atoms with Crippen LogP contribution in [0.1, 0.15) is 11.4 Å². The molecule has 29 heavy (non-hydrogen) atoms. The van der Waals surface area contributed by atoms with Gasteiger partial charge in [-0.3, -0.25) is 9.36 Å². The summed E-state index contributed by atoms with van der Waals surface area (Å²) in [6, 6.07) is 6.07. The van der Waals surface area contributed by atoms with Gasteiger partial charge in [0, 0.05) is 24.9 Å². The van der Waals surface area contributed by atoms with Crippen LogP contribution in [0.25, 0.3) is 27.9 Å². The number of nitrogens with one attached hydrogen (secondary N) is 1. The molecule has 1 N–H and O–H groups in total. The molecule has 144 valence electrons. The molecule has 0 aliphatic carbocycles. The fourth-order valence-electron chi connectivity index (χ4n) is 3.34. The topological polar surface area (TPSA) is 107 Å². The van der Waals surface area contributed by atoms with Gasteiger partial charge >= 0.3 is 0 Å². The molecule has 0 radical (unpaired) electrons. The van der Waals surface area contributed by atoms with Crippen LogP contribution in [-0.4, -0.2) is 39.3 Å². The Kier molecular flexibility index (Phi) is 3.90. The number of halogens is 1. The van der Waals surface area contributed by atoms with E-state index in [4.69, 9.17) is 0 Å². The fraction of sp³-hybridized carbons (Fsp3) is 0.158. The Balaban J connectivity index is 1.62. The first kappa shape index (κ1) is 17.2. The van der Waals surface area contributed by atoms with Gasteiger partial charge in [-0.25, -0.2) is 14.4 Å². The lowest BCUT2D eigenvalue weighted by molar-refractivity contribution is 0.628. The monoisotopic (exact) mass is 390 g/mol. The van der Waals surface area contributed by atoms with E-state index in [1.165, 1.54) is 27.5 Å². The molecule has 4 heterocycles. The minimum atomic E-state index is -0.322. The molecule has 0 amide bonds. The Morgan fingerprint density at radius 3 is 2.72 bits per heavy atom. The summed E-state index contributed by atoms with van der Waals surface area (Å²) >= 11 is 0. The largest absolute Gasteiger partial charge is 0.348 e. The summed E-state index contributed by atoms with van der Waals surface area (Å²) in [5.41, 5.74) is 3.73. The maximum Gasteiger partial charge on any atom is 0.283 e. The number of hydrogen-bond donors (Lipinski definition) is 1. The molecular weight excluding hydrogens is 375 g/mol. The van der Waals surface area contributed by atoms with Crippen LogP contribution >= 0.6 is 0 Å². The fourth-order valence-corrected chi connectivity index (χ4v) is 3.34. The van der Waals surface area contributed by atoms with Crippen molar-refractivity contribution in [3.63, 3.8) is 0 Å². The van der Waals surface area contributed by atoms with E-state index in [0.717, 1.165) is 16.8 Å². The standard InChI is InChI=1S/C19H15FN8O/c1-11-15(12-2-4-13(20)5-3-12)17-25-24-16-18(28(17)26-11)23-10-27(19(16)29)7-6-14-8-21-9-22-14/h2-5,8-10H,6-7H2,1H3,(H,21,22). The minimum Gasteiger partial charge on any atom is -0.348 e. The number of benzene rings is 1. The summed E-state index contributed by atoms with van der Waals surface area (Å²) in [7, 11) is 0. The van der Waals surface area contributed by atoms with Gasteiger partial charge in [0.05, 0.1) is 17.6 Å². The predicted molar refractivity (Wildman–Crippen MR) is 103 cm³/mol. The van der Waals surface area contributed by atoms with E-state index in [-0.39, 0.29) is 16.9 Å². The predicted octanol–water partition coefficient (Wildman–Crippen LogP) is 1.91. The zero-order valence-corrected chi connectivity index (χ0v) is 15.4. The second-order valence-electron chi connectivity index (χ2n) is 6.64. The first-order valence-corrected chi connectivity index (χ1v) is 8.96. The molecule has 5 rings (SSSR count). The lowest BCUT2D eigenvalue weighted by Crippen LogP contribution is -2.24. The molecule has 0 aliphatic heterocycles. The van der Waals surface area contributed by atoms with Gasteiger partial charge in [-0.1, -0.05) is 12.1 Å². The number of rotatable bonds is 4. The number of imidazole rings is 1. The van der Waals surface area contributed by atoms with Crippen LogP contribution in [-0.2, 0) is 13.0 Å². The zero-order valence-electron chi connectivity index (χ0n) is 15.4. The average Bonchev–Trinajstić information content (AvgIpc) is 3.35. The lowest BCUT2D eigenvalue weighted by atomic mass is 10.1. The first-order valence-electron chi connectivity index (χ1n) is 8.96. The number of aryl methyl sites for hydroxylation is 3.